The highest BCUT2D eigenvalue weighted by Crippen LogP contribution is 2.41. The van der Waals surface area contributed by atoms with Gasteiger partial charge in [0, 0.05) is 12.4 Å². The molecule has 0 bridgehead atoms. The maximum Gasteiger partial charge on any atom is 0.244 e. The van der Waals surface area contributed by atoms with Crippen LogP contribution in [0.25, 0.3) is 11.1 Å². The molecule has 0 atom stereocenters. The fraction of sp³-hybridized carbons (Fsp3) is 0.333. The van der Waals surface area contributed by atoms with Gasteiger partial charge in [-0.3, -0.25) is 29.2 Å². The fourth-order valence-corrected chi connectivity index (χ4v) is 4.83. The lowest BCUT2D eigenvalue weighted by Gasteiger charge is -2.20. The van der Waals surface area contributed by atoms with Gasteiger partial charge in [-0.05, 0) is 97.6 Å². The van der Waals surface area contributed by atoms with Crippen molar-refractivity contribution in [3.05, 3.63) is 35.4 Å². The fourth-order valence-electron chi connectivity index (χ4n) is 4.42. The molecule has 14 heteroatoms. The Kier molecular flexibility index (Phi) is 10.5. The van der Waals surface area contributed by atoms with E-state index in [-0.39, 0.29) is 10.2 Å². The Morgan fingerprint density at radius 3 is 1.32 bits per heavy atom. The first-order chi connectivity index (χ1) is 21.0. The summed E-state index contributed by atoms with van der Waals surface area (Å²) in [6.45, 7) is 8.64. The number of carbonyl (C=O) groups excluding carboxylic acids is 4. The molecule has 44 heavy (non-hydrogen) atoms. The van der Waals surface area contributed by atoms with Crippen LogP contribution in [0.1, 0.15) is 37.8 Å². The molecule has 2 fully saturated rings. The van der Waals surface area contributed by atoms with Crippen LogP contribution in [0.15, 0.2) is 34.3 Å². The summed E-state index contributed by atoms with van der Waals surface area (Å²) in [6, 6.07) is 7.37. The van der Waals surface area contributed by atoms with Crippen molar-refractivity contribution in [2.45, 2.75) is 40.5 Å². The Hall–Kier alpha value is -4.56. The van der Waals surface area contributed by atoms with Gasteiger partial charge >= 0.3 is 0 Å². The van der Waals surface area contributed by atoms with E-state index < -0.39 is 35.5 Å². The lowest BCUT2D eigenvalue weighted by molar-refractivity contribution is -0.133. The van der Waals surface area contributed by atoms with Crippen molar-refractivity contribution in [3.8, 4) is 22.6 Å². The molecule has 0 aromatic heterocycles. The molecule has 2 aromatic carbocycles. The van der Waals surface area contributed by atoms with Gasteiger partial charge in [0.05, 0.1) is 13.2 Å². The second-order valence-electron chi connectivity index (χ2n) is 10.1. The first-order valence-corrected chi connectivity index (χ1v) is 14.8. The summed E-state index contributed by atoms with van der Waals surface area (Å²) in [4.78, 5) is 58.1. The first kappa shape index (κ1) is 32.4. The number of amides is 4. The molecule has 0 saturated carbocycles. The number of benzene rings is 2. The van der Waals surface area contributed by atoms with Crippen molar-refractivity contribution in [1.29, 1.82) is 0 Å². The van der Waals surface area contributed by atoms with Gasteiger partial charge in [-0.1, -0.05) is 13.8 Å². The summed E-state index contributed by atoms with van der Waals surface area (Å²) in [7, 11) is 0. The molecule has 0 unspecified atom stereocenters. The van der Waals surface area contributed by atoms with Gasteiger partial charge in [0.2, 0.25) is 23.6 Å². The number of aliphatic imine (C=N–C) groups is 2. The van der Waals surface area contributed by atoms with Gasteiger partial charge in [-0.25, -0.2) is 0 Å². The molecule has 2 aliphatic rings. The molecular weight excluding hydrogens is 605 g/mol. The molecular formula is C30H32N6O6S2. The number of carbonyl (C=O) groups is 4. The van der Waals surface area contributed by atoms with Crippen molar-refractivity contribution in [1.82, 2.24) is 21.3 Å². The molecule has 12 nitrogen and oxygen atoms in total. The molecule has 2 aromatic rings. The molecule has 2 heterocycles. The standard InChI is InChI=1S/C30H32N6O6S2/c1-5-7-41-23-11-17(15(3)9-21(23)31-13-19-25(37)33-29(43)34-26(19)38)18-12-24(42-8-6-2)22(10-16(18)4)32-14-20-27(39)35-30(44)36-28(20)40/h9-14,19-20H,5-8H2,1-4H3,(H2,33,34,37,38,43)(H2,35,36,39,40,44). The third-order valence-electron chi connectivity index (χ3n) is 6.63. The molecule has 230 valence electrons. The topological polar surface area (TPSA) is 160 Å². The third kappa shape index (κ3) is 7.50. The average Bonchev–Trinajstić information content (AvgIpc) is 2.95. The van der Waals surface area contributed by atoms with E-state index in [1.54, 1.807) is 0 Å². The Morgan fingerprint density at radius 1 is 0.659 bits per heavy atom. The summed E-state index contributed by atoms with van der Waals surface area (Å²) in [6.07, 6.45) is 4.05. The smallest absolute Gasteiger partial charge is 0.244 e. The Morgan fingerprint density at radius 2 is 1.00 bits per heavy atom. The Bertz CT molecular complexity index is 1450. The molecule has 0 aliphatic carbocycles. The normalized spacial score (nSPS) is 16.3. The van der Waals surface area contributed by atoms with E-state index in [1.807, 2.05) is 52.0 Å². The Balaban J connectivity index is 1.72. The predicted molar refractivity (Wildman–Crippen MR) is 174 cm³/mol. The van der Waals surface area contributed by atoms with E-state index in [1.165, 1.54) is 12.4 Å². The number of nitrogens with one attached hydrogen (secondary N) is 4. The van der Waals surface area contributed by atoms with Gasteiger partial charge in [0.25, 0.3) is 0 Å². The van der Waals surface area contributed by atoms with Crippen molar-refractivity contribution >= 4 is 82.1 Å². The SMILES string of the molecule is CCCOc1cc(-c2cc(OCCC)c(N=CC3C(=O)NC(=S)NC3=O)cc2C)c(C)cc1N=CC1C(=O)NC(=S)NC1=O. The van der Waals surface area contributed by atoms with Crippen LogP contribution < -0.4 is 30.7 Å². The number of aryl methyl sites for hydroxylation is 2. The maximum absolute atomic E-state index is 12.3. The summed E-state index contributed by atoms with van der Waals surface area (Å²) >= 11 is 9.73. The minimum atomic E-state index is -1.14. The van der Waals surface area contributed by atoms with E-state index >= 15 is 0 Å². The van der Waals surface area contributed by atoms with E-state index in [9.17, 15) is 19.2 Å². The average molecular weight is 637 g/mol. The van der Waals surface area contributed by atoms with Crippen molar-refractivity contribution in [2.24, 2.45) is 21.8 Å². The van der Waals surface area contributed by atoms with Gasteiger partial charge < -0.3 is 30.7 Å². The van der Waals surface area contributed by atoms with Crippen LogP contribution in [0.2, 0.25) is 0 Å². The van der Waals surface area contributed by atoms with Crippen LogP contribution in [0.4, 0.5) is 11.4 Å². The minimum absolute atomic E-state index is 0.0409. The zero-order chi connectivity index (χ0) is 32.0. The third-order valence-corrected chi connectivity index (χ3v) is 7.04. The number of nitrogens with zero attached hydrogens (tertiary/aromatic N) is 2. The van der Waals surface area contributed by atoms with Gasteiger partial charge in [-0.2, -0.15) is 0 Å². The lowest BCUT2D eigenvalue weighted by Crippen LogP contribution is -2.56. The Labute approximate surface area is 265 Å². The monoisotopic (exact) mass is 636 g/mol. The number of ether oxygens (including phenoxy) is 2. The van der Waals surface area contributed by atoms with Crippen LogP contribution in [-0.4, -0.2) is 59.5 Å². The van der Waals surface area contributed by atoms with E-state index in [4.69, 9.17) is 33.9 Å². The van der Waals surface area contributed by atoms with Crippen LogP contribution >= 0.6 is 24.4 Å². The minimum Gasteiger partial charge on any atom is -0.491 e. The largest absolute Gasteiger partial charge is 0.491 e. The summed E-state index contributed by atoms with van der Waals surface area (Å²) in [5.41, 5.74) is 4.32. The summed E-state index contributed by atoms with van der Waals surface area (Å²) in [5, 5.41) is 9.61. The van der Waals surface area contributed by atoms with Gasteiger partial charge in [0.1, 0.15) is 22.9 Å². The van der Waals surface area contributed by atoms with E-state index in [0.29, 0.717) is 36.1 Å². The summed E-state index contributed by atoms with van der Waals surface area (Å²) in [5.74, 6) is -3.57. The van der Waals surface area contributed by atoms with Gasteiger partial charge in [-0.15, -0.1) is 0 Å². The highest BCUT2D eigenvalue weighted by Gasteiger charge is 2.32. The second kappa shape index (κ2) is 14.3. The number of rotatable bonds is 11. The molecule has 4 rings (SSSR count). The van der Waals surface area contributed by atoms with Crippen molar-refractivity contribution < 1.29 is 28.7 Å². The zero-order valence-electron chi connectivity index (χ0n) is 24.6. The number of hydrogen-bond acceptors (Lipinski definition) is 10. The highest BCUT2D eigenvalue weighted by molar-refractivity contribution is 7.80. The number of thiocarbonyl (C=S) groups is 2. The summed E-state index contributed by atoms with van der Waals surface area (Å²) < 4.78 is 12.1. The molecule has 2 aliphatic heterocycles. The molecule has 2 saturated heterocycles. The van der Waals surface area contributed by atoms with E-state index in [2.05, 4.69) is 31.3 Å². The quantitative estimate of drug-likeness (QED) is 0.166. The highest BCUT2D eigenvalue weighted by atomic mass is 32.1. The van der Waals surface area contributed by atoms with Crippen LogP contribution in [0.3, 0.4) is 0 Å². The van der Waals surface area contributed by atoms with Crippen LogP contribution in [0.5, 0.6) is 11.5 Å². The molecule has 4 amide bonds. The van der Waals surface area contributed by atoms with Crippen LogP contribution in [0, 0.1) is 25.7 Å². The van der Waals surface area contributed by atoms with Crippen molar-refractivity contribution in [2.75, 3.05) is 13.2 Å². The lowest BCUT2D eigenvalue weighted by atomic mass is 9.94. The predicted octanol–water partition coefficient (Wildman–Crippen LogP) is 3.25. The molecule has 4 N–H and O–H groups in total. The van der Waals surface area contributed by atoms with Crippen LogP contribution in [-0.2, 0) is 19.2 Å². The van der Waals surface area contributed by atoms with Crippen molar-refractivity contribution in [3.63, 3.8) is 0 Å². The molecule has 0 radical (unpaired) electrons. The van der Waals surface area contributed by atoms with Gasteiger partial charge in [0.15, 0.2) is 22.1 Å². The maximum atomic E-state index is 12.3. The number of hydrogen-bond donors (Lipinski definition) is 4. The molecule has 0 spiro atoms. The van der Waals surface area contributed by atoms with E-state index in [0.717, 1.165) is 35.1 Å². The first-order valence-electron chi connectivity index (χ1n) is 14.0. The second-order valence-corrected chi connectivity index (χ2v) is 10.9. The zero-order valence-corrected chi connectivity index (χ0v) is 26.2.